The summed E-state index contributed by atoms with van der Waals surface area (Å²) in [5, 5.41) is 4.05. The zero-order chi connectivity index (χ0) is 19.4. The zero-order valence-electron chi connectivity index (χ0n) is 15.5. The van der Waals surface area contributed by atoms with Gasteiger partial charge in [-0.3, -0.25) is 0 Å². The molecule has 0 unspecified atom stereocenters. The van der Waals surface area contributed by atoms with Gasteiger partial charge in [0.15, 0.2) is 0 Å². The Morgan fingerprint density at radius 2 is 2.00 bits per heavy atom. The number of ether oxygens (including phenoxy) is 2. The fourth-order valence-electron chi connectivity index (χ4n) is 2.14. The van der Waals surface area contributed by atoms with Gasteiger partial charge in [0.2, 0.25) is 12.3 Å². The van der Waals surface area contributed by atoms with E-state index in [0.717, 1.165) is 0 Å². The van der Waals surface area contributed by atoms with Crippen molar-refractivity contribution in [2.75, 3.05) is 13.1 Å². The third-order valence-electron chi connectivity index (χ3n) is 3.18. The number of carbonyl (C=O) groups excluding carboxylic acids is 1. The minimum absolute atomic E-state index is 0.235. The highest BCUT2D eigenvalue weighted by atomic mass is 79.9. The standard InChI is InChI=1S/C16H26BrF2N3O3/c1-7-22(15(23)25-16(3,4)5)9-10(2)24-14-13(17)11(8-12(18)19)20-21(14)6/h10,12H,7-9H2,1-6H3/t10-/m0/s1. The Hall–Kier alpha value is -1.38. The fourth-order valence-corrected chi connectivity index (χ4v) is 2.73. The van der Waals surface area contributed by atoms with E-state index in [2.05, 4.69) is 21.0 Å². The van der Waals surface area contributed by atoms with Crippen LogP contribution in [-0.4, -0.2) is 52.0 Å². The van der Waals surface area contributed by atoms with E-state index in [1.54, 1.807) is 34.7 Å². The number of amides is 1. The quantitative estimate of drug-likeness (QED) is 0.661. The van der Waals surface area contributed by atoms with Gasteiger partial charge in [-0.05, 0) is 50.5 Å². The van der Waals surface area contributed by atoms with Gasteiger partial charge in [-0.15, -0.1) is 0 Å². The monoisotopic (exact) mass is 425 g/mol. The second-order valence-electron chi connectivity index (χ2n) is 6.73. The summed E-state index contributed by atoms with van der Waals surface area (Å²) in [7, 11) is 1.62. The Bertz CT molecular complexity index is 588. The lowest BCUT2D eigenvalue weighted by molar-refractivity contribution is 0.0187. The van der Waals surface area contributed by atoms with Gasteiger partial charge in [-0.1, -0.05) is 0 Å². The molecule has 0 fully saturated rings. The number of hydrogen-bond donors (Lipinski definition) is 0. The van der Waals surface area contributed by atoms with E-state index in [-0.39, 0.29) is 11.8 Å². The van der Waals surface area contributed by atoms with Crippen LogP contribution >= 0.6 is 15.9 Å². The summed E-state index contributed by atoms with van der Waals surface area (Å²) in [6, 6.07) is 0. The SMILES string of the molecule is CCN(C[C@H](C)Oc1c(Br)c(CC(F)F)nn1C)C(=O)OC(C)(C)C. The first-order chi connectivity index (χ1) is 11.4. The fraction of sp³-hybridized carbons (Fsp3) is 0.750. The summed E-state index contributed by atoms with van der Waals surface area (Å²) >= 11 is 3.26. The Labute approximate surface area is 155 Å². The van der Waals surface area contributed by atoms with E-state index >= 15 is 0 Å². The molecule has 6 nitrogen and oxygen atoms in total. The highest BCUT2D eigenvalue weighted by molar-refractivity contribution is 9.10. The van der Waals surface area contributed by atoms with Crippen molar-refractivity contribution in [3.63, 3.8) is 0 Å². The van der Waals surface area contributed by atoms with Crippen molar-refractivity contribution in [3.8, 4) is 5.88 Å². The molecule has 1 heterocycles. The summed E-state index contributed by atoms with van der Waals surface area (Å²) in [6.45, 7) is 9.80. The Kier molecular flexibility index (Phi) is 7.64. The number of aromatic nitrogens is 2. The lowest BCUT2D eigenvalue weighted by Crippen LogP contribution is -2.41. The molecule has 1 amide bonds. The van der Waals surface area contributed by atoms with Gasteiger partial charge < -0.3 is 14.4 Å². The van der Waals surface area contributed by atoms with Crippen molar-refractivity contribution in [2.45, 2.75) is 59.2 Å². The van der Waals surface area contributed by atoms with Crippen molar-refractivity contribution in [1.29, 1.82) is 0 Å². The Morgan fingerprint density at radius 1 is 1.40 bits per heavy atom. The lowest BCUT2D eigenvalue weighted by atomic mass is 10.2. The number of likely N-dealkylation sites (N-methyl/N-ethyl adjacent to an activating group) is 1. The average Bonchev–Trinajstić information content (AvgIpc) is 2.69. The van der Waals surface area contributed by atoms with Crippen LogP contribution in [0.4, 0.5) is 13.6 Å². The van der Waals surface area contributed by atoms with Gasteiger partial charge in [-0.2, -0.15) is 5.10 Å². The summed E-state index contributed by atoms with van der Waals surface area (Å²) in [5.41, 5.74) is -0.344. The first kappa shape index (κ1) is 21.7. The van der Waals surface area contributed by atoms with Crippen LogP contribution in [0.2, 0.25) is 0 Å². The summed E-state index contributed by atoms with van der Waals surface area (Å²) in [5.74, 6) is 0.350. The van der Waals surface area contributed by atoms with Crippen LogP contribution in [0.15, 0.2) is 4.47 Å². The number of aryl methyl sites for hydroxylation is 1. The normalized spacial score (nSPS) is 13.0. The molecule has 1 aromatic heterocycles. The van der Waals surface area contributed by atoms with Gasteiger partial charge in [0.05, 0.1) is 18.7 Å². The number of hydrogen-bond acceptors (Lipinski definition) is 4. The molecule has 0 aromatic carbocycles. The maximum absolute atomic E-state index is 12.6. The molecule has 0 radical (unpaired) electrons. The number of alkyl halides is 2. The van der Waals surface area contributed by atoms with E-state index in [4.69, 9.17) is 9.47 Å². The number of carbonyl (C=O) groups is 1. The highest BCUT2D eigenvalue weighted by Crippen LogP contribution is 2.30. The summed E-state index contributed by atoms with van der Waals surface area (Å²) in [4.78, 5) is 13.7. The molecule has 25 heavy (non-hydrogen) atoms. The Balaban J connectivity index is 2.77. The third-order valence-corrected chi connectivity index (χ3v) is 3.97. The third kappa shape index (κ3) is 6.80. The maximum atomic E-state index is 12.6. The minimum Gasteiger partial charge on any atom is -0.472 e. The maximum Gasteiger partial charge on any atom is 0.410 e. The molecule has 1 atom stereocenters. The van der Waals surface area contributed by atoms with E-state index in [9.17, 15) is 13.6 Å². The first-order valence-corrected chi connectivity index (χ1v) is 8.88. The topological polar surface area (TPSA) is 56.6 Å². The van der Waals surface area contributed by atoms with E-state index in [0.29, 0.717) is 23.4 Å². The van der Waals surface area contributed by atoms with E-state index < -0.39 is 24.5 Å². The van der Waals surface area contributed by atoms with Crippen LogP contribution in [0, 0.1) is 0 Å². The number of nitrogens with zero attached hydrogens (tertiary/aromatic N) is 3. The van der Waals surface area contributed by atoms with Crippen LogP contribution in [0.25, 0.3) is 0 Å². The molecule has 0 bridgehead atoms. The first-order valence-electron chi connectivity index (χ1n) is 8.08. The molecule has 0 spiro atoms. The highest BCUT2D eigenvalue weighted by Gasteiger charge is 2.25. The summed E-state index contributed by atoms with van der Waals surface area (Å²) < 4.78 is 38.1. The largest absolute Gasteiger partial charge is 0.472 e. The van der Waals surface area contributed by atoms with Gasteiger partial charge in [0.1, 0.15) is 16.2 Å². The van der Waals surface area contributed by atoms with Gasteiger partial charge in [0.25, 0.3) is 0 Å². The lowest BCUT2D eigenvalue weighted by Gasteiger charge is -2.28. The van der Waals surface area contributed by atoms with Crippen molar-refractivity contribution in [3.05, 3.63) is 10.2 Å². The summed E-state index contributed by atoms with van der Waals surface area (Å²) in [6.07, 6.45) is -3.74. The second-order valence-corrected chi connectivity index (χ2v) is 7.53. The van der Waals surface area contributed by atoms with Crippen molar-refractivity contribution in [2.24, 2.45) is 7.05 Å². The van der Waals surface area contributed by atoms with Crippen LogP contribution in [0.3, 0.4) is 0 Å². The number of halogens is 3. The van der Waals surface area contributed by atoms with Gasteiger partial charge >= 0.3 is 6.09 Å². The minimum atomic E-state index is -2.49. The van der Waals surface area contributed by atoms with Crippen molar-refractivity contribution < 1.29 is 23.0 Å². The predicted molar refractivity (Wildman–Crippen MR) is 94.2 cm³/mol. The molecule has 0 saturated carbocycles. The zero-order valence-corrected chi connectivity index (χ0v) is 17.1. The molecule has 144 valence electrons. The van der Waals surface area contributed by atoms with Crippen molar-refractivity contribution >= 4 is 22.0 Å². The Morgan fingerprint density at radius 3 is 2.48 bits per heavy atom. The van der Waals surface area contributed by atoms with Crippen LogP contribution in [0.5, 0.6) is 5.88 Å². The van der Waals surface area contributed by atoms with Crippen LogP contribution < -0.4 is 4.74 Å². The predicted octanol–water partition coefficient (Wildman–Crippen LogP) is 4.01. The van der Waals surface area contributed by atoms with E-state index in [1.165, 1.54) is 9.58 Å². The smallest absolute Gasteiger partial charge is 0.410 e. The van der Waals surface area contributed by atoms with Crippen LogP contribution in [-0.2, 0) is 18.2 Å². The molecule has 1 rings (SSSR count). The molecular weight excluding hydrogens is 400 g/mol. The number of rotatable bonds is 7. The van der Waals surface area contributed by atoms with Crippen LogP contribution in [0.1, 0.15) is 40.3 Å². The molecule has 0 aliphatic heterocycles. The molecule has 0 N–H and O–H groups in total. The van der Waals surface area contributed by atoms with E-state index in [1.807, 2.05) is 6.92 Å². The second kappa shape index (κ2) is 8.82. The molecule has 1 aromatic rings. The van der Waals surface area contributed by atoms with Gasteiger partial charge in [0, 0.05) is 13.6 Å². The molecule has 0 aliphatic carbocycles. The molecule has 0 aliphatic rings. The van der Waals surface area contributed by atoms with Gasteiger partial charge in [-0.25, -0.2) is 18.3 Å². The van der Waals surface area contributed by atoms with Crippen molar-refractivity contribution in [1.82, 2.24) is 14.7 Å². The molecular formula is C16H26BrF2N3O3. The molecule has 9 heteroatoms. The molecule has 0 saturated heterocycles. The average molecular weight is 426 g/mol.